The number of rotatable bonds is 4. The van der Waals surface area contributed by atoms with E-state index in [2.05, 4.69) is 15.2 Å². The molecule has 0 fully saturated rings. The quantitative estimate of drug-likeness (QED) is 0.415. The second kappa shape index (κ2) is 5.84. The number of nitrogens with zero attached hydrogens (tertiary/aromatic N) is 3. The van der Waals surface area contributed by atoms with Gasteiger partial charge in [0.15, 0.2) is 0 Å². The predicted molar refractivity (Wildman–Crippen MR) is 94.4 cm³/mol. The summed E-state index contributed by atoms with van der Waals surface area (Å²) in [6.45, 7) is 0. The maximum Gasteiger partial charge on any atom is 0.270 e. The van der Waals surface area contributed by atoms with E-state index in [1.807, 2.05) is 15.7 Å². The lowest BCUT2D eigenvalue weighted by molar-refractivity contribution is -0.384. The van der Waals surface area contributed by atoms with Gasteiger partial charge in [-0.3, -0.25) is 15.2 Å². The first-order chi connectivity index (χ1) is 11.4. The fourth-order valence-corrected chi connectivity index (χ4v) is 2.52. The molecular weight excluding hydrogens is 306 g/mol. The zero-order valence-electron chi connectivity index (χ0n) is 13.2. The highest BCUT2D eigenvalue weighted by molar-refractivity contribution is 6.42. The van der Waals surface area contributed by atoms with Crippen molar-refractivity contribution in [2.24, 2.45) is 0 Å². The van der Waals surface area contributed by atoms with Crippen molar-refractivity contribution < 1.29 is 10.0 Å². The maximum absolute atomic E-state index is 11.0. The zero-order chi connectivity index (χ0) is 17.3. The molecule has 3 aromatic rings. The Kier molecular flexibility index (Phi) is 3.84. The molecule has 0 aliphatic carbocycles. The summed E-state index contributed by atoms with van der Waals surface area (Å²) < 4.78 is 0. The third kappa shape index (κ3) is 2.76. The van der Waals surface area contributed by atoms with E-state index in [1.54, 1.807) is 36.7 Å². The van der Waals surface area contributed by atoms with Gasteiger partial charge >= 0.3 is 0 Å². The van der Waals surface area contributed by atoms with Gasteiger partial charge in [0, 0.05) is 29.6 Å². The third-order valence-electron chi connectivity index (χ3n) is 4.06. The summed E-state index contributed by atoms with van der Waals surface area (Å²) in [5.41, 5.74) is 2.43. The van der Waals surface area contributed by atoms with Crippen LogP contribution < -0.4 is 0 Å². The number of nitro benzene ring substituents is 1. The summed E-state index contributed by atoms with van der Waals surface area (Å²) in [6.07, 6.45) is 3.52. The van der Waals surface area contributed by atoms with Crippen molar-refractivity contribution in [2.75, 3.05) is 0 Å². The fraction of sp³-hybridized carbons (Fsp3) is 0.0667. The first-order valence-electron chi connectivity index (χ1n) is 7.34. The average Bonchev–Trinajstić information content (AvgIpc) is 3.10. The van der Waals surface area contributed by atoms with Crippen LogP contribution in [0.1, 0.15) is 11.3 Å². The number of aromatic hydroxyl groups is 1. The summed E-state index contributed by atoms with van der Waals surface area (Å²) >= 11 is 0. The molecule has 2 aromatic heterocycles. The molecule has 24 heavy (non-hydrogen) atoms. The number of nitro groups is 1. The van der Waals surface area contributed by atoms with Gasteiger partial charge < -0.3 is 5.11 Å². The van der Waals surface area contributed by atoms with Crippen molar-refractivity contribution in [1.29, 1.82) is 0 Å². The van der Waals surface area contributed by atoms with E-state index >= 15 is 0 Å². The monoisotopic (exact) mass is 320 g/mol. The smallest absolute Gasteiger partial charge is 0.270 e. The van der Waals surface area contributed by atoms with Crippen LogP contribution in [0.15, 0.2) is 48.8 Å². The van der Waals surface area contributed by atoms with E-state index in [-0.39, 0.29) is 11.4 Å². The lowest BCUT2D eigenvalue weighted by Gasteiger charge is -2.23. The highest BCUT2D eigenvalue weighted by Crippen LogP contribution is 2.32. The Morgan fingerprint density at radius 2 is 2.04 bits per heavy atom. The Morgan fingerprint density at radius 3 is 2.71 bits per heavy atom. The summed E-state index contributed by atoms with van der Waals surface area (Å²) in [7, 11) is 3.99. The number of hydrogen-bond acceptors (Lipinski definition) is 5. The van der Waals surface area contributed by atoms with Crippen molar-refractivity contribution in [2.45, 2.75) is 5.21 Å². The Bertz CT molecular complexity index is 897. The van der Waals surface area contributed by atoms with Crippen molar-refractivity contribution >= 4 is 21.4 Å². The van der Waals surface area contributed by atoms with Gasteiger partial charge in [0.1, 0.15) is 27.1 Å². The zero-order valence-corrected chi connectivity index (χ0v) is 13.2. The second-order valence-corrected chi connectivity index (χ2v) is 5.98. The molecule has 2 N–H and O–H groups in total. The molecule has 7 nitrogen and oxygen atoms in total. The Balaban J connectivity index is 2.10. The largest absolute Gasteiger partial charge is 0.506 e. The molecule has 0 aliphatic rings. The molecule has 3 rings (SSSR count). The van der Waals surface area contributed by atoms with Crippen molar-refractivity contribution in [3.05, 3.63) is 70.2 Å². The van der Waals surface area contributed by atoms with Crippen LogP contribution in [0, 0.1) is 10.1 Å². The minimum Gasteiger partial charge on any atom is -0.506 e. The van der Waals surface area contributed by atoms with Crippen molar-refractivity contribution in [1.82, 2.24) is 15.2 Å². The fourth-order valence-electron chi connectivity index (χ4n) is 2.52. The van der Waals surface area contributed by atoms with E-state index in [1.165, 1.54) is 12.1 Å². The maximum atomic E-state index is 11.0. The molecule has 0 bridgehead atoms. The highest BCUT2D eigenvalue weighted by Gasteiger charge is 2.27. The number of non-ortho nitro benzene ring substituents is 1. The van der Waals surface area contributed by atoms with E-state index in [0.717, 1.165) is 11.3 Å². The lowest BCUT2D eigenvalue weighted by Crippen LogP contribution is -2.29. The van der Waals surface area contributed by atoms with Crippen molar-refractivity contribution in [3.63, 3.8) is 0 Å². The molecule has 0 unspecified atom stereocenters. The molecule has 9 heteroatoms. The van der Waals surface area contributed by atoms with Gasteiger partial charge in [-0.05, 0) is 22.9 Å². The lowest BCUT2D eigenvalue weighted by atomic mass is 9.50. The standard InChI is InChI=1S/C15H14B2N4O3/c16-15(17,10-7-18-19-8-10)13-5-4-12(22)14(20-13)9-2-1-3-11(6-9)21(23)24/h1-8,22H,16-17H2,(H,18,19). The molecule has 1 aromatic carbocycles. The molecule has 0 spiro atoms. The first-order valence-corrected chi connectivity index (χ1v) is 7.34. The normalized spacial score (nSPS) is 11.3. The number of H-pyrrole nitrogens is 1. The molecule has 0 radical (unpaired) electrons. The van der Waals surface area contributed by atoms with Crippen LogP contribution in [-0.2, 0) is 5.21 Å². The highest BCUT2D eigenvalue weighted by atomic mass is 16.6. The summed E-state index contributed by atoms with van der Waals surface area (Å²) in [6, 6.07) is 9.35. The van der Waals surface area contributed by atoms with Crippen LogP contribution in [0.5, 0.6) is 5.75 Å². The van der Waals surface area contributed by atoms with Crippen LogP contribution in [0.25, 0.3) is 11.3 Å². The van der Waals surface area contributed by atoms with E-state index < -0.39 is 10.1 Å². The molecule has 0 aliphatic heterocycles. The minimum atomic E-state index is -0.472. The molecule has 0 atom stereocenters. The summed E-state index contributed by atoms with van der Waals surface area (Å²) in [4.78, 5) is 15.0. The summed E-state index contributed by atoms with van der Waals surface area (Å²) in [5.74, 6) is -0.0257. The molecule has 118 valence electrons. The Morgan fingerprint density at radius 1 is 1.25 bits per heavy atom. The van der Waals surface area contributed by atoms with Crippen LogP contribution >= 0.6 is 0 Å². The number of nitrogens with one attached hydrogen (secondary N) is 1. The van der Waals surface area contributed by atoms with E-state index in [0.29, 0.717) is 11.3 Å². The van der Waals surface area contributed by atoms with Gasteiger partial charge in [-0.25, -0.2) is 4.98 Å². The SMILES string of the molecule is BC(B)(c1cn[nH]c1)c1ccc(O)c(-c2cccc([N+](=O)[O-])c2)n1. The first kappa shape index (κ1) is 15.8. The molecule has 2 heterocycles. The second-order valence-electron chi connectivity index (χ2n) is 5.98. The molecule has 0 saturated heterocycles. The van der Waals surface area contributed by atoms with E-state index in [4.69, 9.17) is 0 Å². The van der Waals surface area contributed by atoms with Crippen molar-refractivity contribution in [3.8, 4) is 17.0 Å². The number of aromatic amines is 1. The molecule has 0 amide bonds. The Labute approximate surface area is 139 Å². The van der Waals surface area contributed by atoms with Gasteiger partial charge in [0.2, 0.25) is 0 Å². The average molecular weight is 320 g/mol. The van der Waals surface area contributed by atoms with Crippen LogP contribution in [0.2, 0.25) is 0 Å². The van der Waals surface area contributed by atoms with Gasteiger partial charge in [-0.15, -0.1) is 0 Å². The van der Waals surface area contributed by atoms with Gasteiger partial charge in [-0.2, -0.15) is 5.10 Å². The predicted octanol–water partition coefficient (Wildman–Crippen LogP) is 0.553. The number of benzene rings is 1. The van der Waals surface area contributed by atoms with Crippen LogP contribution in [0.4, 0.5) is 5.69 Å². The topological polar surface area (TPSA) is 105 Å². The third-order valence-corrected chi connectivity index (χ3v) is 4.06. The van der Waals surface area contributed by atoms with Gasteiger partial charge in [0.05, 0.1) is 11.1 Å². The van der Waals surface area contributed by atoms with Crippen LogP contribution in [0.3, 0.4) is 0 Å². The van der Waals surface area contributed by atoms with Gasteiger partial charge in [0.25, 0.3) is 5.69 Å². The van der Waals surface area contributed by atoms with Gasteiger partial charge in [-0.1, -0.05) is 12.1 Å². The van der Waals surface area contributed by atoms with E-state index in [9.17, 15) is 15.2 Å². The number of hydrogen-bond donors (Lipinski definition) is 2. The summed E-state index contributed by atoms with van der Waals surface area (Å²) in [5, 5.41) is 27.4. The number of aromatic nitrogens is 3. The van der Waals surface area contributed by atoms with Crippen LogP contribution in [-0.4, -0.2) is 40.9 Å². The number of pyridine rings is 1. The minimum absolute atomic E-state index is 0.0257. The molecular formula is C15H14B2N4O3. The molecule has 0 saturated carbocycles. The Hall–Kier alpha value is -3.09.